The molecular weight excluding hydrogens is 374 g/mol. The average molecular weight is 400 g/mol. The van der Waals surface area contributed by atoms with Gasteiger partial charge in [0.25, 0.3) is 5.91 Å². The summed E-state index contributed by atoms with van der Waals surface area (Å²) in [5.74, 6) is 2.67. The van der Waals surface area contributed by atoms with E-state index in [1.165, 1.54) is 25.5 Å². The van der Waals surface area contributed by atoms with Crippen molar-refractivity contribution < 1.29 is 9.90 Å². The Morgan fingerprint density at radius 3 is 2.21 bits per heavy atom. The van der Waals surface area contributed by atoms with E-state index in [9.17, 15) is 9.90 Å². The molecule has 4 aliphatic carbocycles. The number of hydrogen-bond acceptors (Lipinski definition) is 4. The molecule has 1 aromatic carbocycles. The summed E-state index contributed by atoms with van der Waals surface area (Å²) in [5, 5.41) is 10.6. The van der Waals surface area contributed by atoms with Crippen LogP contribution in [-0.2, 0) is 0 Å². The number of nitrogens with two attached hydrogens (primary N) is 1. The van der Waals surface area contributed by atoms with Crippen LogP contribution in [0.1, 0.15) is 54.7 Å². The van der Waals surface area contributed by atoms with Crippen LogP contribution in [0, 0.1) is 24.7 Å². The zero-order valence-corrected chi connectivity index (χ0v) is 16.8. The van der Waals surface area contributed by atoms with Crippen LogP contribution in [0.4, 0.5) is 0 Å². The quantitative estimate of drug-likeness (QED) is 0.793. The highest BCUT2D eigenvalue weighted by Gasteiger charge is 2.49. The second-order valence-electron chi connectivity index (χ2n) is 8.67. The van der Waals surface area contributed by atoms with E-state index >= 15 is 0 Å². The molecule has 0 radical (unpaired) electrons. The van der Waals surface area contributed by atoms with E-state index in [0.29, 0.717) is 22.1 Å². The number of aryl methyl sites for hydroxylation is 1. The third-order valence-corrected chi connectivity index (χ3v) is 6.64. The number of carbonyl (C=O) groups excluding carboxylic acids is 1. The summed E-state index contributed by atoms with van der Waals surface area (Å²) in [7, 11) is 0. The second-order valence-corrected chi connectivity index (χ2v) is 9.07. The molecule has 6 rings (SSSR count). The molecule has 28 heavy (non-hydrogen) atoms. The van der Waals surface area contributed by atoms with Crippen LogP contribution >= 0.6 is 11.6 Å². The monoisotopic (exact) mass is 399 g/mol. The minimum atomic E-state index is -0.570. The molecule has 0 spiro atoms. The number of hydrogen-bond donors (Lipinski definition) is 2. The lowest BCUT2D eigenvalue weighted by atomic mass is 9.54. The Bertz CT molecular complexity index is 864. The maximum atomic E-state index is 11.3. The van der Waals surface area contributed by atoms with Crippen molar-refractivity contribution in [2.24, 2.45) is 23.5 Å². The Hall–Kier alpha value is -1.98. The molecule has 0 saturated heterocycles. The van der Waals surface area contributed by atoms with Gasteiger partial charge in [0, 0.05) is 16.8 Å². The van der Waals surface area contributed by atoms with Crippen LogP contribution in [0.3, 0.4) is 0 Å². The molecule has 4 bridgehead atoms. The van der Waals surface area contributed by atoms with Crippen molar-refractivity contribution in [3.8, 4) is 11.3 Å². The molecule has 1 amide bonds. The topological polar surface area (TPSA) is 89.1 Å². The van der Waals surface area contributed by atoms with Gasteiger partial charge in [-0.25, -0.2) is 9.97 Å². The van der Waals surface area contributed by atoms with Gasteiger partial charge >= 0.3 is 0 Å². The Morgan fingerprint density at radius 2 is 1.71 bits per heavy atom. The third kappa shape index (κ3) is 3.91. The normalized spacial score (nSPS) is 29.9. The molecule has 1 heterocycles. The maximum absolute atomic E-state index is 11.3. The highest BCUT2D eigenvalue weighted by atomic mass is 35.5. The summed E-state index contributed by atoms with van der Waals surface area (Å²) in [6.07, 6.45) is 9.08. The highest BCUT2D eigenvalue weighted by Crippen LogP contribution is 2.55. The number of aromatic nitrogens is 2. The van der Waals surface area contributed by atoms with E-state index in [1.54, 1.807) is 19.1 Å². The largest absolute Gasteiger partial charge is 0.390 e. The van der Waals surface area contributed by atoms with Gasteiger partial charge in [-0.3, -0.25) is 4.79 Å². The number of rotatable bonds is 2. The summed E-state index contributed by atoms with van der Waals surface area (Å²) in [6.45, 7) is 1.74. The van der Waals surface area contributed by atoms with E-state index in [4.69, 9.17) is 17.3 Å². The van der Waals surface area contributed by atoms with Gasteiger partial charge in [-0.2, -0.15) is 0 Å². The van der Waals surface area contributed by atoms with E-state index < -0.39 is 5.91 Å². The molecule has 4 saturated carbocycles. The molecule has 3 N–H and O–H groups in total. The zero-order chi connectivity index (χ0) is 19.9. The Kier molecular flexibility index (Phi) is 5.15. The van der Waals surface area contributed by atoms with E-state index in [-0.39, 0.29) is 11.2 Å². The van der Waals surface area contributed by atoms with Crippen LogP contribution in [0.5, 0.6) is 0 Å². The van der Waals surface area contributed by atoms with Gasteiger partial charge in [0.15, 0.2) is 0 Å². The number of halogens is 1. The fourth-order valence-electron chi connectivity index (χ4n) is 5.57. The molecule has 4 fully saturated rings. The minimum absolute atomic E-state index is 0.200. The van der Waals surface area contributed by atoms with Gasteiger partial charge in [-0.1, -0.05) is 29.8 Å². The summed E-state index contributed by atoms with van der Waals surface area (Å²) < 4.78 is 0. The fraction of sp³-hybridized carbons (Fsp3) is 0.500. The lowest BCUT2D eigenvalue weighted by molar-refractivity contribution is -0.124. The maximum Gasteiger partial charge on any atom is 0.252 e. The Morgan fingerprint density at radius 1 is 1.14 bits per heavy atom. The second kappa shape index (κ2) is 7.45. The van der Waals surface area contributed by atoms with Gasteiger partial charge in [0.1, 0.15) is 5.82 Å². The summed E-state index contributed by atoms with van der Waals surface area (Å²) in [5.41, 5.74) is 6.50. The van der Waals surface area contributed by atoms with Gasteiger partial charge < -0.3 is 10.8 Å². The number of carbonyl (C=O) groups is 1. The predicted molar refractivity (Wildman–Crippen MR) is 109 cm³/mol. The standard InChI is InChI=1S/C12H10ClN3O.C10H16O/c1-7-15-6-9(12(14)17)11(16-7)8-4-2-3-5-10(8)13;11-10-4-7-1-8(5-10)3-9(2-7)6-10/h2-6H,1H3,(H2,14,17);7-9,11H,1-6H2. The Balaban J connectivity index is 0.000000149. The molecule has 0 aliphatic heterocycles. The smallest absolute Gasteiger partial charge is 0.252 e. The molecule has 0 atom stereocenters. The fourth-order valence-corrected chi connectivity index (χ4v) is 5.80. The molecule has 148 valence electrons. The van der Waals surface area contributed by atoms with Crippen LogP contribution in [0.25, 0.3) is 11.3 Å². The van der Waals surface area contributed by atoms with Gasteiger partial charge in [-0.15, -0.1) is 0 Å². The number of amides is 1. The third-order valence-electron chi connectivity index (χ3n) is 6.31. The van der Waals surface area contributed by atoms with Crippen molar-refractivity contribution >= 4 is 17.5 Å². The van der Waals surface area contributed by atoms with Crippen molar-refractivity contribution in [3.63, 3.8) is 0 Å². The summed E-state index contributed by atoms with van der Waals surface area (Å²) in [4.78, 5) is 19.5. The van der Waals surface area contributed by atoms with Crippen molar-refractivity contribution in [2.75, 3.05) is 0 Å². The first kappa shape index (κ1) is 19.3. The first-order valence-electron chi connectivity index (χ1n) is 9.94. The number of nitrogens with zero attached hydrogens (tertiary/aromatic N) is 2. The summed E-state index contributed by atoms with van der Waals surface area (Å²) >= 11 is 6.08. The van der Waals surface area contributed by atoms with E-state index in [1.807, 2.05) is 12.1 Å². The number of primary amides is 1. The SMILES string of the molecule is Cc1ncc(C(N)=O)c(-c2ccccc2Cl)n1.OC12CC3CC(CC(C3)C1)C2. The van der Waals surface area contributed by atoms with Crippen LogP contribution in [0.2, 0.25) is 5.02 Å². The first-order chi connectivity index (χ1) is 13.3. The van der Waals surface area contributed by atoms with Gasteiger partial charge in [-0.05, 0) is 69.3 Å². The van der Waals surface area contributed by atoms with E-state index in [2.05, 4.69) is 9.97 Å². The highest BCUT2D eigenvalue weighted by molar-refractivity contribution is 6.33. The van der Waals surface area contributed by atoms with Crippen molar-refractivity contribution in [3.05, 3.63) is 46.9 Å². The molecule has 4 aliphatic rings. The van der Waals surface area contributed by atoms with Crippen molar-refractivity contribution in [1.82, 2.24) is 9.97 Å². The predicted octanol–water partition coefficient (Wildman–Crippen LogP) is 4.15. The van der Waals surface area contributed by atoms with Gasteiger partial charge in [0.05, 0.1) is 16.9 Å². The van der Waals surface area contributed by atoms with Crippen LogP contribution < -0.4 is 5.73 Å². The molecule has 6 heteroatoms. The van der Waals surface area contributed by atoms with Crippen molar-refractivity contribution in [2.45, 2.75) is 51.0 Å². The molecule has 0 unspecified atom stereocenters. The molecule has 2 aromatic rings. The number of aliphatic hydroxyl groups is 1. The zero-order valence-electron chi connectivity index (χ0n) is 16.1. The molecule has 1 aromatic heterocycles. The van der Waals surface area contributed by atoms with Crippen molar-refractivity contribution in [1.29, 1.82) is 0 Å². The summed E-state index contributed by atoms with van der Waals surface area (Å²) in [6, 6.07) is 7.16. The molecule has 5 nitrogen and oxygen atoms in total. The lowest BCUT2D eigenvalue weighted by Crippen LogP contribution is -2.50. The average Bonchev–Trinajstić information content (AvgIpc) is 2.60. The van der Waals surface area contributed by atoms with Crippen LogP contribution in [0.15, 0.2) is 30.5 Å². The van der Waals surface area contributed by atoms with Crippen LogP contribution in [-0.4, -0.2) is 26.6 Å². The van der Waals surface area contributed by atoms with Gasteiger partial charge in [0.2, 0.25) is 0 Å². The lowest BCUT2D eigenvalue weighted by Gasteiger charge is -2.54. The number of benzene rings is 1. The van der Waals surface area contributed by atoms with E-state index in [0.717, 1.165) is 37.0 Å². The first-order valence-corrected chi connectivity index (χ1v) is 10.3. The molecular formula is C22H26ClN3O2. The Labute approximate surface area is 170 Å². The minimum Gasteiger partial charge on any atom is -0.390 e.